The third kappa shape index (κ3) is 4.41. The zero-order valence-electron chi connectivity index (χ0n) is 15.3. The first-order chi connectivity index (χ1) is 13.2. The van der Waals surface area contributed by atoms with Crippen LogP contribution in [0.2, 0.25) is 10.0 Å². The fourth-order valence-electron chi connectivity index (χ4n) is 2.84. The summed E-state index contributed by atoms with van der Waals surface area (Å²) in [5.74, 6) is -0.391. The van der Waals surface area contributed by atoms with Gasteiger partial charge in [0.05, 0.1) is 34.9 Å². The Hall–Kier alpha value is -1.87. The number of anilines is 1. The molecule has 1 atom stereocenters. The molecule has 28 heavy (non-hydrogen) atoms. The molecule has 1 unspecified atom stereocenters. The number of benzene rings is 1. The average Bonchev–Trinajstić information content (AvgIpc) is 2.63. The van der Waals surface area contributed by atoms with Crippen molar-refractivity contribution in [2.45, 2.75) is 24.8 Å². The predicted octanol–water partition coefficient (Wildman–Crippen LogP) is 3.36. The van der Waals surface area contributed by atoms with E-state index in [0.29, 0.717) is 30.3 Å². The maximum absolute atomic E-state index is 13.0. The van der Waals surface area contributed by atoms with E-state index in [1.165, 1.54) is 30.5 Å². The van der Waals surface area contributed by atoms with E-state index in [1.54, 1.807) is 11.8 Å². The standard InChI is InChI=1S/C18H19Cl2N3O4S/c1-11-7-14(3-4-15(11)20)28(25,26)22-16-8-13(19)9-21-17(16)18(24)23-5-6-27-10-12(23)2/h3-4,7-9,12,22H,5-6,10H2,1-2H3. The van der Waals surface area contributed by atoms with Crippen LogP contribution in [0.25, 0.3) is 0 Å². The molecule has 0 saturated carbocycles. The number of aromatic nitrogens is 1. The van der Waals surface area contributed by atoms with Gasteiger partial charge in [0.25, 0.3) is 15.9 Å². The molecule has 2 heterocycles. The summed E-state index contributed by atoms with van der Waals surface area (Å²) in [6.45, 7) is 4.77. The van der Waals surface area contributed by atoms with Crippen molar-refractivity contribution in [1.82, 2.24) is 9.88 Å². The van der Waals surface area contributed by atoms with E-state index >= 15 is 0 Å². The van der Waals surface area contributed by atoms with Gasteiger partial charge < -0.3 is 9.64 Å². The van der Waals surface area contributed by atoms with Crippen molar-refractivity contribution in [3.05, 3.63) is 51.8 Å². The zero-order chi connectivity index (χ0) is 20.5. The Labute approximate surface area is 173 Å². The highest BCUT2D eigenvalue weighted by atomic mass is 35.5. The van der Waals surface area contributed by atoms with E-state index in [-0.39, 0.29) is 27.3 Å². The minimum Gasteiger partial charge on any atom is -0.377 e. The van der Waals surface area contributed by atoms with Crippen molar-refractivity contribution >= 4 is 44.8 Å². The van der Waals surface area contributed by atoms with Crippen molar-refractivity contribution in [2.75, 3.05) is 24.5 Å². The van der Waals surface area contributed by atoms with Crippen molar-refractivity contribution in [1.29, 1.82) is 0 Å². The summed E-state index contributed by atoms with van der Waals surface area (Å²) in [5, 5.41) is 0.664. The first kappa shape index (κ1) is 20.9. The monoisotopic (exact) mass is 443 g/mol. The number of nitrogens with zero attached hydrogens (tertiary/aromatic N) is 2. The van der Waals surface area contributed by atoms with Crippen LogP contribution in [0.5, 0.6) is 0 Å². The summed E-state index contributed by atoms with van der Waals surface area (Å²) in [4.78, 5) is 18.7. The topological polar surface area (TPSA) is 88.6 Å². The first-order valence-corrected chi connectivity index (χ1v) is 10.8. The van der Waals surface area contributed by atoms with Crippen LogP contribution in [0.4, 0.5) is 5.69 Å². The Bertz CT molecular complexity index is 1010. The minimum atomic E-state index is -3.97. The summed E-state index contributed by atoms with van der Waals surface area (Å²) >= 11 is 12.0. The van der Waals surface area contributed by atoms with Crippen LogP contribution in [0.15, 0.2) is 35.4 Å². The number of hydrogen-bond donors (Lipinski definition) is 1. The molecule has 1 fully saturated rings. The number of hydrogen-bond acceptors (Lipinski definition) is 5. The van der Waals surface area contributed by atoms with E-state index in [4.69, 9.17) is 27.9 Å². The first-order valence-electron chi connectivity index (χ1n) is 8.52. The van der Waals surface area contributed by atoms with Crippen molar-refractivity contribution in [3.63, 3.8) is 0 Å². The molecule has 2 aromatic rings. The van der Waals surface area contributed by atoms with E-state index in [9.17, 15) is 13.2 Å². The Balaban J connectivity index is 1.96. The third-order valence-corrected chi connectivity index (χ3v) is 6.36. The molecule has 1 N–H and O–H groups in total. The number of carbonyl (C=O) groups is 1. The normalized spacial score (nSPS) is 17.4. The van der Waals surface area contributed by atoms with Crippen LogP contribution in [-0.4, -0.2) is 50.0 Å². The van der Waals surface area contributed by atoms with Crippen LogP contribution in [0.3, 0.4) is 0 Å². The molecule has 1 aromatic carbocycles. The van der Waals surface area contributed by atoms with Crippen molar-refractivity contribution in [3.8, 4) is 0 Å². The van der Waals surface area contributed by atoms with Gasteiger partial charge in [-0.1, -0.05) is 23.2 Å². The smallest absolute Gasteiger partial charge is 0.275 e. The van der Waals surface area contributed by atoms with Gasteiger partial charge in [0.1, 0.15) is 0 Å². The molecule has 1 aliphatic rings. The number of carbonyl (C=O) groups excluding carboxylic acids is 1. The number of nitrogens with one attached hydrogen (secondary N) is 1. The molecule has 1 aliphatic heterocycles. The number of sulfonamides is 1. The number of aryl methyl sites for hydroxylation is 1. The summed E-state index contributed by atoms with van der Waals surface area (Å²) in [7, 11) is -3.97. The van der Waals surface area contributed by atoms with E-state index in [1.807, 2.05) is 6.92 Å². The second kappa shape index (κ2) is 8.24. The lowest BCUT2D eigenvalue weighted by Crippen LogP contribution is -2.47. The molecule has 0 aliphatic carbocycles. The lowest BCUT2D eigenvalue weighted by atomic mass is 10.2. The molecule has 1 saturated heterocycles. The quantitative estimate of drug-likeness (QED) is 0.782. The van der Waals surface area contributed by atoms with Crippen molar-refractivity contribution in [2.24, 2.45) is 0 Å². The van der Waals surface area contributed by atoms with Crippen LogP contribution in [0.1, 0.15) is 23.0 Å². The summed E-state index contributed by atoms with van der Waals surface area (Å²) in [6.07, 6.45) is 1.31. The second-order valence-corrected chi connectivity index (χ2v) is 9.01. The van der Waals surface area contributed by atoms with Gasteiger partial charge in [-0.25, -0.2) is 13.4 Å². The molecule has 0 bridgehead atoms. The highest BCUT2D eigenvalue weighted by Gasteiger charge is 2.29. The fraction of sp³-hybridized carbons (Fsp3) is 0.333. The zero-order valence-corrected chi connectivity index (χ0v) is 17.6. The Morgan fingerprint density at radius 2 is 2.07 bits per heavy atom. The second-order valence-electron chi connectivity index (χ2n) is 6.49. The Morgan fingerprint density at radius 3 is 2.75 bits per heavy atom. The molecule has 150 valence electrons. The van der Waals surface area contributed by atoms with Crippen molar-refractivity contribution < 1.29 is 17.9 Å². The van der Waals surface area contributed by atoms with Gasteiger partial charge >= 0.3 is 0 Å². The van der Waals surface area contributed by atoms with Gasteiger partial charge in [-0.15, -0.1) is 0 Å². The van der Waals surface area contributed by atoms with Gasteiger partial charge in [-0.2, -0.15) is 0 Å². The number of ether oxygens (including phenoxy) is 1. The third-order valence-electron chi connectivity index (χ3n) is 4.37. The maximum atomic E-state index is 13.0. The lowest BCUT2D eigenvalue weighted by molar-refractivity contribution is 0.00334. The van der Waals surface area contributed by atoms with E-state index in [2.05, 4.69) is 9.71 Å². The van der Waals surface area contributed by atoms with Gasteiger partial charge in [0, 0.05) is 17.8 Å². The van der Waals surface area contributed by atoms with Gasteiger partial charge in [-0.05, 0) is 43.7 Å². The SMILES string of the molecule is Cc1cc(S(=O)(=O)Nc2cc(Cl)cnc2C(=O)N2CCOCC2C)ccc1Cl. The molecular formula is C18H19Cl2N3O4S. The highest BCUT2D eigenvalue weighted by molar-refractivity contribution is 7.92. The highest BCUT2D eigenvalue weighted by Crippen LogP contribution is 2.26. The summed E-state index contributed by atoms with van der Waals surface area (Å²) in [6, 6.07) is 5.56. The van der Waals surface area contributed by atoms with Crippen LogP contribution in [0, 0.1) is 6.92 Å². The molecular weight excluding hydrogens is 425 g/mol. The number of rotatable bonds is 4. The van der Waals surface area contributed by atoms with E-state index in [0.717, 1.165) is 0 Å². The Morgan fingerprint density at radius 1 is 1.32 bits per heavy atom. The Kier molecular flexibility index (Phi) is 6.14. The van der Waals surface area contributed by atoms with Crippen LogP contribution in [-0.2, 0) is 14.8 Å². The molecule has 10 heteroatoms. The lowest BCUT2D eigenvalue weighted by Gasteiger charge is -2.33. The largest absolute Gasteiger partial charge is 0.377 e. The van der Waals surface area contributed by atoms with Gasteiger partial charge in [0.15, 0.2) is 5.69 Å². The summed E-state index contributed by atoms with van der Waals surface area (Å²) in [5.41, 5.74) is 0.614. The predicted molar refractivity (Wildman–Crippen MR) is 108 cm³/mol. The molecule has 7 nitrogen and oxygen atoms in total. The maximum Gasteiger partial charge on any atom is 0.275 e. The minimum absolute atomic E-state index is 0.0174. The summed E-state index contributed by atoms with van der Waals surface area (Å²) < 4.78 is 33.4. The van der Waals surface area contributed by atoms with Crippen LogP contribution < -0.4 is 4.72 Å². The number of amides is 1. The van der Waals surface area contributed by atoms with E-state index < -0.39 is 15.9 Å². The van der Waals surface area contributed by atoms with Gasteiger partial charge in [-0.3, -0.25) is 9.52 Å². The van der Waals surface area contributed by atoms with Gasteiger partial charge in [0.2, 0.25) is 0 Å². The number of pyridine rings is 1. The number of halogens is 2. The number of morpholine rings is 1. The fourth-order valence-corrected chi connectivity index (χ4v) is 4.26. The molecule has 1 amide bonds. The average molecular weight is 444 g/mol. The van der Waals surface area contributed by atoms with Crippen LogP contribution >= 0.6 is 23.2 Å². The molecule has 0 spiro atoms. The molecule has 3 rings (SSSR count). The molecule has 1 aromatic heterocycles. The molecule has 0 radical (unpaired) electrons.